The first kappa shape index (κ1) is 20.0. The van der Waals surface area contributed by atoms with Gasteiger partial charge >= 0.3 is 11.9 Å². The standard InChI is InChI=1S/C21H22O6/c1-6-15(16-9-7-8-10-18(16)26-13(2)22)17-11-21(27-14(3)23)20(25-5)12-19(17)24-4/h6-12,15H,1H2,2-5H3/t15-/m1/s1. The van der Waals surface area contributed by atoms with Crippen molar-refractivity contribution in [3.63, 3.8) is 0 Å². The van der Waals surface area contributed by atoms with Crippen molar-refractivity contribution in [2.24, 2.45) is 0 Å². The van der Waals surface area contributed by atoms with Gasteiger partial charge in [0.1, 0.15) is 11.5 Å². The molecule has 0 radical (unpaired) electrons. The Kier molecular flexibility index (Phi) is 6.60. The van der Waals surface area contributed by atoms with Gasteiger partial charge in [0.15, 0.2) is 11.5 Å². The molecule has 2 rings (SSSR count). The fourth-order valence-electron chi connectivity index (χ4n) is 2.78. The second-order valence-corrected chi connectivity index (χ2v) is 5.68. The van der Waals surface area contributed by atoms with Crippen LogP contribution in [-0.2, 0) is 9.59 Å². The maximum atomic E-state index is 11.4. The highest BCUT2D eigenvalue weighted by molar-refractivity contribution is 5.72. The molecule has 0 aromatic heterocycles. The predicted octanol–water partition coefficient (Wildman–Crippen LogP) is 3.87. The summed E-state index contributed by atoms with van der Waals surface area (Å²) < 4.78 is 21.4. The van der Waals surface area contributed by atoms with E-state index in [1.165, 1.54) is 28.1 Å². The third kappa shape index (κ3) is 4.67. The zero-order chi connectivity index (χ0) is 20.0. The molecule has 6 heteroatoms. The number of ether oxygens (including phenoxy) is 4. The molecule has 0 amide bonds. The van der Waals surface area contributed by atoms with Gasteiger partial charge in [0, 0.05) is 37.0 Å². The molecule has 0 unspecified atom stereocenters. The molecular formula is C21H22O6. The molecule has 2 aromatic rings. The number of carbonyl (C=O) groups is 2. The normalized spacial score (nSPS) is 11.3. The van der Waals surface area contributed by atoms with Gasteiger partial charge < -0.3 is 18.9 Å². The first-order valence-corrected chi connectivity index (χ1v) is 8.25. The first-order chi connectivity index (χ1) is 12.9. The van der Waals surface area contributed by atoms with Crippen molar-refractivity contribution in [3.05, 3.63) is 60.2 Å². The van der Waals surface area contributed by atoms with E-state index in [9.17, 15) is 9.59 Å². The summed E-state index contributed by atoms with van der Waals surface area (Å²) in [7, 11) is 3.00. The SMILES string of the molecule is C=C[C@@H](c1cc(OC(C)=O)c(OC)cc1OC)c1ccccc1OC(C)=O. The van der Waals surface area contributed by atoms with Crippen molar-refractivity contribution in [2.75, 3.05) is 14.2 Å². The quantitative estimate of drug-likeness (QED) is 0.419. The number of hydrogen-bond acceptors (Lipinski definition) is 6. The number of hydrogen-bond donors (Lipinski definition) is 0. The van der Waals surface area contributed by atoms with Crippen LogP contribution in [0.25, 0.3) is 0 Å². The van der Waals surface area contributed by atoms with Gasteiger partial charge in [-0.2, -0.15) is 0 Å². The number of benzene rings is 2. The van der Waals surface area contributed by atoms with Crippen molar-refractivity contribution in [2.45, 2.75) is 19.8 Å². The molecule has 0 saturated carbocycles. The van der Waals surface area contributed by atoms with Gasteiger partial charge in [-0.25, -0.2) is 0 Å². The van der Waals surface area contributed by atoms with E-state index in [4.69, 9.17) is 18.9 Å². The Morgan fingerprint density at radius 3 is 2.00 bits per heavy atom. The number of carbonyl (C=O) groups excluding carboxylic acids is 2. The van der Waals surface area contributed by atoms with Crippen molar-refractivity contribution in [1.29, 1.82) is 0 Å². The van der Waals surface area contributed by atoms with Crippen LogP contribution in [0.4, 0.5) is 0 Å². The fourth-order valence-corrected chi connectivity index (χ4v) is 2.78. The molecule has 1 atom stereocenters. The third-order valence-electron chi connectivity index (χ3n) is 3.85. The summed E-state index contributed by atoms with van der Waals surface area (Å²) in [6.07, 6.45) is 1.70. The lowest BCUT2D eigenvalue weighted by Gasteiger charge is -2.21. The molecule has 0 aliphatic carbocycles. The molecule has 0 heterocycles. The summed E-state index contributed by atoms with van der Waals surface area (Å²) in [6, 6.07) is 10.4. The Hall–Kier alpha value is -3.28. The molecule has 0 N–H and O–H groups in total. The Balaban J connectivity index is 2.64. The smallest absolute Gasteiger partial charge is 0.308 e. The summed E-state index contributed by atoms with van der Waals surface area (Å²) in [5.74, 6) is 0.287. The monoisotopic (exact) mass is 370 g/mol. The van der Waals surface area contributed by atoms with Gasteiger partial charge in [-0.1, -0.05) is 24.3 Å². The van der Waals surface area contributed by atoms with Crippen LogP contribution in [0.15, 0.2) is 49.1 Å². The van der Waals surface area contributed by atoms with E-state index in [1.54, 1.807) is 30.3 Å². The number of rotatable bonds is 7. The van der Waals surface area contributed by atoms with Crippen LogP contribution in [0.5, 0.6) is 23.0 Å². The molecule has 6 nitrogen and oxygen atoms in total. The summed E-state index contributed by atoms with van der Waals surface area (Å²) in [5, 5.41) is 0. The van der Waals surface area contributed by atoms with Gasteiger partial charge in [0.05, 0.1) is 14.2 Å². The van der Waals surface area contributed by atoms with Crippen molar-refractivity contribution in [1.82, 2.24) is 0 Å². The third-order valence-corrected chi connectivity index (χ3v) is 3.85. The van der Waals surface area contributed by atoms with E-state index in [0.717, 1.165) is 5.56 Å². The summed E-state index contributed by atoms with van der Waals surface area (Å²) in [5.41, 5.74) is 1.41. The van der Waals surface area contributed by atoms with E-state index in [1.807, 2.05) is 12.1 Å². The predicted molar refractivity (Wildman–Crippen MR) is 101 cm³/mol. The van der Waals surface area contributed by atoms with Crippen LogP contribution in [-0.4, -0.2) is 26.2 Å². The highest BCUT2D eigenvalue weighted by atomic mass is 16.6. The minimum Gasteiger partial charge on any atom is -0.496 e. The van der Waals surface area contributed by atoms with Crippen molar-refractivity contribution >= 4 is 11.9 Å². The van der Waals surface area contributed by atoms with Crippen LogP contribution in [0.1, 0.15) is 30.9 Å². The number of para-hydroxylation sites is 1. The minimum absolute atomic E-state index is 0.262. The van der Waals surface area contributed by atoms with Crippen LogP contribution in [0, 0.1) is 0 Å². The van der Waals surface area contributed by atoms with Crippen LogP contribution in [0.3, 0.4) is 0 Å². The lowest BCUT2D eigenvalue weighted by atomic mass is 9.89. The second kappa shape index (κ2) is 8.89. The average molecular weight is 370 g/mol. The zero-order valence-electron chi connectivity index (χ0n) is 15.8. The topological polar surface area (TPSA) is 71.1 Å². The molecule has 0 bridgehead atoms. The maximum absolute atomic E-state index is 11.4. The van der Waals surface area contributed by atoms with E-state index >= 15 is 0 Å². The molecule has 0 saturated heterocycles. The van der Waals surface area contributed by atoms with E-state index in [2.05, 4.69) is 6.58 Å². The lowest BCUT2D eigenvalue weighted by molar-refractivity contribution is -0.132. The second-order valence-electron chi connectivity index (χ2n) is 5.68. The molecule has 0 aliphatic heterocycles. The van der Waals surface area contributed by atoms with Gasteiger partial charge in [-0.3, -0.25) is 9.59 Å². The number of esters is 2. The number of methoxy groups -OCH3 is 2. The van der Waals surface area contributed by atoms with Gasteiger partial charge in [0.2, 0.25) is 0 Å². The summed E-state index contributed by atoms with van der Waals surface area (Å²) >= 11 is 0. The molecule has 0 fully saturated rings. The van der Waals surface area contributed by atoms with Gasteiger partial charge in [-0.15, -0.1) is 6.58 Å². The van der Waals surface area contributed by atoms with Gasteiger partial charge in [0.25, 0.3) is 0 Å². The fraction of sp³-hybridized carbons (Fsp3) is 0.238. The minimum atomic E-state index is -0.472. The largest absolute Gasteiger partial charge is 0.496 e. The van der Waals surface area contributed by atoms with Crippen molar-refractivity contribution in [3.8, 4) is 23.0 Å². The van der Waals surface area contributed by atoms with Crippen molar-refractivity contribution < 1.29 is 28.5 Å². The molecule has 0 aliphatic rings. The van der Waals surface area contributed by atoms with E-state index in [-0.39, 0.29) is 11.7 Å². The Bertz CT molecular complexity index is 856. The summed E-state index contributed by atoms with van der Waals surface area (Å²) in [4.78, 5) is 22.9. The molecule has 142 valence electrons. The molecule has 27 heavy (non-hydrogen) atoms. The van der Waals surface area contributed by atoms with Crippen LogP contribution in [0.2, 0.25) is 0 Å². The van der Waals surface area contributed by atoms with Gasteiger partial charge in [-0.05, 0) is 12.1 Å². The summed E-state index contributed by atoms with van der Waals surface area (Å²) in [6.45, 7) is 6.56. The lowest BCUT2D eigenvalue weighted by Crippen LogP contribution is -2.09. The van der Waals surface area contributed by atoms with E-state index < -0.39 is 11.9 Å². The Morgan fingerprint density at radius 1 is 0.852 bits per heavy atom. The van der Waals surface area contributed by atoms with E-state index in [0.29, 0.717) is 22.8 Å². The number of allylic oxidation sites excluding steroid dienone is 1. The first-order valence-electron chi connectivity index (χ1n) is 8.25. The highest BCUT2D eigenvalue weighted by Gasteiger charge is 2.23. The molecular weight excluding hydrogens is 348 g/mol. The highest BCUT2D eigenvalue weighted by Crippen LogP contribution is 2.42. The molecule has 2 aromatic carbocycles. The van der Waals surface area contributed by atoms with Crippen LogP contribution >= 0.6 is 0 Å². The zero-order valence-corrected chi connectivity index (χ0v) is 15.8. The maximum Gasteiger partial charge on any atom is 0.308 e. The van der Waals surface area contributed by atoms with Crippen LogP contribution < -0.4 is 18.9 Å². The Morgan fingerprint density at radius 2 is 1.44 bits per heavy atom. The Labute approximate surface area is 158 Å². The average Bonchev–Trinajstić information content (AvgIpc) is 2.63. The molecule has 0 spiro atoms.